The first kappa shape index (κ1) is 21.2. The molecule has 1 radical (unpaired) electrons. The molecule has 0 aromatic heterocycles. The molecule has 2 rings (SSSR count). The molecule has 0 saturated heterocycles. The zero-order valence-corrected chi connectivity index (χ0v) is 17.1. The standard InChI is InChI=1S/C12H18O.C2H3O.Rh.U/c1-4-13-12(3)7-10-5-9(2)11(6-10)8-12;1-2-3;;/h10-11H,1,5-8H2,2-3H3;1H3;;/q-2;-1;;+2. The summed E-state index contributed by atoms with van der Waals surface area (Å²) >= 11 is 0. The number of fused-ring (bicyclic) bond motifs is 2. The first-order valence-corrected chi connectivity index (χ1v) is 5.86. The number of carbonyl (C=O) groups excluding carboxylic acids is 1. The second kappa shape index (κ2) is 9.74. The van der Waals surface area contributed by atoms with Crippen LogP contribution in [0.4, 0.5) is 0 Å². The largest absolute Gasteiger partial charge is 2.00 e. The summed E-state index contributed by atoms with van der Waals surface area (Å²) in [5.41, 5.74) is 0.0209. The normalized spacial score (nSPS) is 33.1. The van der Waals surface area contributed by atoms with E-state index in [0.717, 1.165) is 18.3 Å². The molecular formula is C14H21O2RhU-. The van der Waals surface area contributed by atoms with Crippen LogP contribution >= 0.6 is 0 Å². The van der Waals surface area contributed by atoms with E-state index in [0.29, 0.717) is 0 Å². The van der Waals surface area contributed by atoms with E-state index in [-0.39, 0.29) is 56.2 Å². The first-order valence-electron chi connectivity index (χ1n) is 5.86. The summed E-state index contributed by atoms with van der Waals surface area (Å²) in [7, 11) is 0. The molecule has 2 aliphatic carbocycles. The van der Waals surface area contributed by atoms with Crippen LogP contribution in [0.5, 0.6) is 0 Å². The molecule has 103 valence electrons. The molecule has 0 aromatic rings. The molecule has 0 spiro atoms. The first-order chi connectivity index (χ1) is 7.54. The van der Waals surface area contributed by atoms with Gasteiger partial charge in [-0.25, -0.2) is 6.58 Å². The van der Waals surface area contributed by atoms with Gasteiger partial charge in [0.1, 0.15) is 0 Å². The Balaban J connectivity index is 0. The fraction of sp³-hybridized carbons (Fsp3) is 0.714. The van der Waals surface area contributed by atoms with Gasteiger partial charge in [-0.15, -0.1) is 0 Å². The minimum atomic E-state index is 0. The molecule has 2 nitrogen and oxygen atoms in total. The average molecular weight is 562 g/mol. The van der Waals surface area contributed by atoms with Crippen LogP contribution in [0.25, 0.3) is 0 Å². The Labute approximate surface area is 148 Å². The maximum Gasteiger partial charge on any atom is 2.00 e. The van der Waals surface area contributed by atoms with Gasteiger partial charge in [0.15, 0.2) is 0 Å². The molecule has 0 aromatic carbocycles. The second-order valence-corrected chi connectivity index (χ2v) is 5.16. The van der Waals surface area contributed by atoms with Crippen molar-refractivity contribution in [2.45, 2.75) is 52.1 Å². The van der Waals surface area contributed by atoms with Crippen molar-refractivity contribution in [3.8, 4) is 0 Å². The van der Waals surface area contributed by atoms with Crippen LogP contribution in [0.2, 0.25) is 0 Å². The van der Waals surface area contributed by atoms with Crippen molar-refractivity contribution in [3.05, 3.63) is 18.8 Å². The maximum absolute atomic E-state index is 8.68. The van der Waals surface area contributed by atoms with Crippen LogP contribution in [0.1, 0.15) is 46.5 Å². The van der Waals surface area contributed by atoms with Gasteiger partial charge in [0.05, 0.1) is 5.60 Å². The number of hydrogen-bond donors (Lipinski definition) is 0. The fourth-order valence-corrected chi connectivity index (χ4v) is 3.19. The van der Waals surface area contributed by atoms with Crippen molar-refractivity contribution in [1.82, 2.24) is 0 Å². The summed E-state index contributed by atoms with van der Waals surface area (Å²) in [6.07, 6.45) is 9.16. The van der Waals surface area contributed by atoms with E-state index in [1.165, 1.54) is 32.5 Å². The summed E-state index contributed by atoms with van der Waals surface area (Å²) < 4.78 is 5.52. The van der Waals surface area contributed by atoms with Crippen molar-refractivity contribution in [2.24, 2.45) is 11.8 Å². The topological polar surface area (TPSA) is 26.3 Å². The van der Waals surface area contributed by atoms with Gasteiger partial charge in [0, 0.05) is 19.5 Å². The molecule has 18 heavy (non-hydrogen) atoms. The van der Waals surface area contributed by atoms with Gasteiger partial charge in [-0.3, -0.25) is 6.29 Å². The average Bonchev–Trinajstić information content (AvgIpc) is 2.42. The Hall–Kier alpha value is 0.885. The molecule has 3 unspecified atom stereocenters. The van der Waals surface area contributed by atoms with Gasteiger partial charge in [-0.1, -0.05) is 12.3 Å². The Morgan fingerprint density at radius 1 is 1.44 bits per heavy atom. The summed E-state index contributed by atoms with van der Waals surface area (Å²) in [6.45, 7) is 9.35. The van der Waals surface area contributed by atoms with Gasteiger partial charge in [0.25, 0.3) is 0 Å². The third-order valence-corrected chi connectivity index (χ3v) is 3.64. The van der Waals surface area contributed by atoms with Crippen LogP contribution in [-0.4, -0.2) is 11.9 Å². The van der Waals surface area contributed by atoms with Crippen LogP contribution in [-0.2, 0) is 29.0 Å². The van der Waals surface area contributed by atoms with Gasteiger partial charge >= 0.3 is 31.1 Å². The van der Waals surface area contributed by atoms with E-state index in [2.05, 4.69) is 26.7 Å². The van der Waals surface area contributed by atoms with E-state index in [4.69, 9.17) is 9.53 Å². The third kappa shape index (κ3) is 5.89. The van der Waals surface area contributed by atoms with E-state index in [1.807, 2.05) is 0 Å². The predicted molar refractivity (Wildman–Crippen MR) is 64.1 cm³/mol. The quantitative estimate of drug-likeness (QED) is 0.294. The van der Waals surface area contributed by atoms with Gasteiger partial charge in [0.2, 0.25) is 0 Å². The Morgan fingerprint density at radius 3 is 2.44 bits per heavy atom. The van der Waals surface area contributed by atoms with Crippen molar-refractivity contribution in [1.29, 1.82) is 0 Å². The van der Waals surface area contributed by atoms with Crippen molar-refractivity contribution in [3.63, 3.8) is 0 Å². The molecule has 0 aliphatic heterocycles. The summed E-state index contributed by atoms with van der Waals surface area (Å²) in [4.78, 5) is 8.68. The fourth-order valence-electron chi connectivity index (χ4n) is 3.19. The van der Waals surface area contributed by atoms with Crippen LogP contribution in [0.15, 0.2) is 6.58 Å². The second-order valence-electron chi connectivity index (χ2n) is 5.16. The van der Waals surface area contributed by atoms with E-state index >= 15 is 0 Å². The van der Waals surface area contributed by atoms with Gasteiger partial charge < -0.3 is 21.7 Å². The van der Waals surface area contributed by atoms with Gasteiger partial charge in [-0.2, -0.15) is 26.2 Å². The molecule has 0 amide bonds. The number of hydrogen-bond acceptors (Lipinski definition) is 2. The summed E-state index contributed by atoms with van der Waals surface area (Å²) in [5, 5.41) is 0. The molecule has 2 aliphatic rings. The smallest absolute Gasteiger partial charge is 0.689 e. The molecule has 2 saturated carbocycles. The number of rotatable bonds is 2. The summed E-state index contributed by atoms with van der Waals surface area (Å²) in [5.74, 6) is 3.34. The van der Waals surface area contributed by atoms with Crippen molar-refractivity contribution < 1.29 is 60.1 Å². The monoisotopic (exact) mass is 562 g/mol. The Morgan fingerprint density at radius 2 is 2.00 bits per heavy atom. The molecule has 0 N–H and O–H groups in total. The molecule has 2 fully saturated rings. The number of ether oxygens (including phenoxy) is 1. The summed E-state index contributed by atoms with van der Waals surface area (Å²) in [6, 6.07) is 0. The van der Waals surface area contributed by atoms with Gasteiger partial charge in [-0.05, 0) is 19.8 Å². The van der Waals surface area contributed by atoms with Crippen molar-refractivity contribution >= 4 is 6.29 Å². The maximum atomic E-state index is 8.68. The molecule has 2 bridgehead atoms. The van der Waals surface area contributed by atoms with Crippen LogP contribution in [0, 0.1) is 55.1 Å². The molecule has 4 heteroatoms. The van der Waals surface area contributed by atoms with Crippen molar-refractivity contribution in [2.75, 3.05) is 0 Å². The van der Waals surface area contributed by atoms with E-state index in [9.17, 15) is 0 Å². The van der Waals surface area contributed by atoms with Crippen LogP contribution in [0.3, 0.4) is 0 Å². The SMILES string of the molecule is C=[C-]OC1(C)CC2C[C-](C)C(C2)C1.C[C-]=O.[Rh].[U+2]. The minimum absolute atomic E-state index is 0. The third-order valence-electron chi connectivity index (χ3n) is 3.64. The molecule has 3 atom stereocenters. The van der Waals surface area contributed by atoms with Crippen LogP contribution < -0.4 is 0 Å². The minimum Gasteiger partial charge on any atom is -0.689 e. The van der Waals surface area contributed by atoms with E-state index in [1.54, 1.807) is 5.92 Å². The predicted octanol–water partition coefficient (Wildman–Crippen LogP) is 3.24. The Bertz CT molecular complexity index is 258. The molecule has 0 heterocycles. The Kier molecular flexibility index (Phi) is 11.5. The van der Waals surface area contributed by atoms with E-state index < -0.39 is 0 Å². The molecular weight excluding hydrogens is 541 g/mol. The zero-order chi connectivity index (χ0) is 12.2. The zero-order valence-electron chi connectivity index (χ0n) is 11.3.